The lowest BCUT2D eigenvalue weighted by Gasteiger charge is -2.35. The van der Waals surface area contributed by atoms with E-state index in [0.717, 1.165) is 41.9 Å². The molecule has 1 aliphatic heterocycles. The summed E-state index contributed by atoms with van der Waals surface area (Å²) in [6.45, 7) is 4.98. The SMILES string of the molecule is CCc1ccccc1Nc1cc(C(=O)N2CCN(c3ccccn3)CC2)c2ccccc2n1. The van der Waals surface area contributed by atoms with Gasteiger partial charge < -0.3 is 15.1 Å². The Bertz CT molecular complexity index is 1270. The zero-order chi connectivity index (χ0) is 22.6. The molecule has 6 nitrogen and oxygen atoms in total. The number of carbonyl (C=O) groups excluding carboxylic acids is 1. The van der Waals surface area contributed by atoms with Gasteiger partial charge in [-0.2, -0.15) is 0 Å². The first-order chi connectivity index (χ1) is 16.2. The Kier molecular flexibility index (Phi) is 5.89. The first-order valence-electron chi connectivity index (χ1n) is 11.4. The van der Waals surface area contributed by atoms with Crippen molar-refractivity contribution in [3.63, 3.8) is 0 Å². The van der Waals surface area contributed by atoms with Gasteiger partial charge in [0.05, 0.1) is 11.1 Å². The first kappa shape index (κ1) is 20.9. The summed E-state index contributed by atoms with van der Waals surface area (Å²) in [5, 5.41) is 4.32. The summed E-state index contributed by atoms with van der Waals surface area (Å²) >= 11 is 0. The molecule has 2 aromatic carbocycles. The predicted octanol–water partition coefficient (Wildman–Crippen LogP) is 4.90. The highest BCUT2D eigenvalue weighted by Crippen LogP contribution is 2.26. The number of pyridine rings is 2. The largest absolute Gasteiger partial charge is 0.353 e. The van der Waals surface area contributed by atoms with E-state index >= 15 is 0 Å². The van der Waals surface area contributed by atoms with Gasteiger partial charge in [0.25, 0.3) is 5.91 Å². The molecule has 1 fully saturated rings. The molecule has 0 saturated carbocycles. The van der Waals surface area contributed by atoms with Crippen LogP contribution in [0.25, 0.3) is 10.9 Å². The maximum Gasteiger partial charge on any atom is 0.254 e. The molecule has 0 spiro atoms. The molecule has 5 rings (SSSR count). The van der Waals surface area contributed by atoms with Crippen LogP contribution in [0.2, 0.25) is 0 Å². The van der Waals surface area contributed by atoms with E-state index in [0.29, 0.717) is 24.5 Å². The molecule has 0 aliphatic carbocycles. The number of carbonyl (C=O) groups is 1. The fourth-order valence-electron chi connectivity index (χ4n) is 4.35. The Labute approximate surface area is 193 Å². The lowest BCUT2D eigenvalue weighted by Crippen LogP contribution is -2.49. The van der Waals surface area contributed by atoms with Gasteiger partial charge >= 0.3 is 0 Å². The molecule has 0 bridgehead atoms. The molecule has 0 radical (unpaired) electrons. The molecule has 33 heavy (non-hydrogen) atoms. The molecule has 0 atom stereocenters. The van der Waals surface area contributed by atoms with Crippen LogP contribution in [0, 0.1) is 0 Å². The lowest BCUT2D eigenvalue weighted by molar-refractivity contribution is 0.0748. The third kappa shape index (κ3) is 4.37. The third-order valence-corrected chi connectivity index (χ3v) is 6.15. The number of nitrogens with one attached hydrogen (secondary N) is 1. The fraction of sp³-hybridized carbons (Fsp3) is 0.222. The van der Waals surface area contributed by atoms with Crippen molar-refractivity contribution in [3.8, 4) is 0 Å². The van der Waals surface area contributed by atoms with Crippen molar-refractivity contribution in [1.82, 2.24) is 14.9 Å². The van der Waals surface area contributed by atoms with E-state index in [-0.39, 0.29) is 5.91 Å². The minimum absolute atomic E-state index is 0.0427. The van der Waals surface area contributed by atoms with Gasteiger partial charge in [-0.05, 0) is 42.3 Å². The number of anilines is 3. The number of aromatic nitrogens is 2. The monoisotopic (exact) mass is 437 g/mol. The summed E-state index contributed by atoms with van der Waals surface area (Å²) in [5.41, 5.74) is 3.73. The highest BCUT2D eigenvalue weighted by atomic mass is 16.2. The second kappa shape index (κ2) is 9.28. The highest BCUT2D eigenvalue weighted by molar-refractivity contribution is 6.07. The van der Waals surface area contributed by atoms with Gasteiger partial charge in [0.2, 0.25) is 0 Å². The van der Waals surface area contributed by atoms with Crippen LogP contribution in [0.1, 0.15) is 22.8 Å². The van der Waals surface area contributed by atoms with Gasteiger partial charge in [-0.3, -0.25) is 4.79 Å². The summed E-state index contributed by atoms with van der Waals surface area (Å²) in [6.07, 6.45) is 2.73. The predicted molar refractivity (Wildman–Crippen MR) is 133 cm³/mol. The number of aryl methyl sites for hydroxylation is 1. The van der Waals surface area contributed by atoms with Crippen molar-refractivity contribution < 1.29 is 4.79 Å². The molecule has 1 N–H and O–H groups in total. The van der Waals surface area contributed by atoms with E-state index in [2.05, 4.69) is 28.2 Å². The van der Waals surface area contributed by atoms with Crippen LogP contribution in [-0.4, -0.2) is 47.0 Å². The van der Waals surface area contributed by atoms with Gasteiger partial charge in [-0.15, -0.1) is 0 Å². The number of nitrogens with zero attached hydrogens (tertiary/aromatic N) is 4. The minimum Gasteiger partial charge on any atom is -0.353 e. The zero-order valence-electron chi connectivity index (χ0n) is 18.7. The molecule has 4 aromatic rings. The number of piperazine rings is 1. The van der Waals surface area contributed by atoms with Crippen LogP contribution < -0.4 is 10.2 Å². The Morgan fingerprint density at radius 1 is 0.939 bits per heavy atom. The molecule has 1 aliphatic rings. The summed E-state index contributed by atoms with van der Waals surface area (Å²) in [7, 11) is 0. The van der Waals surface area contributed by atoms with E-state index in [1.54, 1.807) is 6.20 Å². The van der Waals surface area contributed by atoms with Crippen LogP contribution in [0.4, 0.5) is 17.3 Å². The van der Waals surface area contributed by atoms with Crippen molar-refractivity contribution >= 4 is 34.1 Å². The van der Waals surface area contributed by atoms with Crippen LogP contribution in [0.5, 0.6) is 0 Å². The topological polar surface area (TPSA) is 61.4 Å². The molecule has 2 aromatic heterocycles. The van der Waals surface area contributed by atoms with Crippen molar-refractivity contribution in [2.24, 2.45) is 0 Å². The molecular formula is C27H27N5O. The molecule has 6 heteroatoms. The second-order valence-corrected chi connectivity index (χ2v) is 8.18. The number of para-hydroxylation sites is 2. The minimum atomic E-state index is 0.0427. The standard InChI is InChI=1S/C27H27N5O/c1-2-20-9-3-5-11-23(20)29-25-19-22(21-10-4-6-12-24(21)30-25)27(33)32-17-15-31(16-18-32)26-13-7-8-14-28-26/h3-14,19H,2,15-18H2,1H3,(H,29,30). The number of hydrogen-bond acceptors (Lipinski definition) is 5. The molecule has 166 valence electrons. The van der Waals surface area contributed by atoms with E-state index in [4.69, 9.17) is 4.98 Å². The summed E-state index contributed by atoms with van der Waals surface area (Å²) in [5.74, 6) is 1.69. The Morgan fingerprint density at radius 3 is 2.48 bits per heavy atom. The highest BCUT2D eigenvalue weighted by Gasteiger charge is 2.24. The first-order valence-corrected chi connectivity index (χ1v) is 11.4. The summed E-state index contributed by atoms with van der Waals surface area (Å²) < 4.78 is 0. The van der Waals surface area contributed by atoms with Gasteiger partial charge in [0, 0.05) is 43.4 Å². The van der Waals surface area contributed by atoms with Gasteiger partial charge in [0.15, 0.2) is 0 Å². The average Bonchev–Trinajstić information content (AvgIpc) is 2.89. The van der Waals surface area contributed by atoms with Crippen molar-refractivity contribution in [2.75, 3.05) is 36.4 Å². The number of rotatable bonds is 5. The normalized spacial score (nSPS) is 13.8. The molecule has 3 heterocycles. The summed E-state index contributed by atoms with van der Waals surface area (Å²) in [4.78, 5) is 27.0. The van der Waals surface area contributed by atoms with E-state index < -0.39 is 0 Å². The average molecular weight is 438 g/mol. The lowest BCUT2D eigenvalue weighted by atomic mass is 10.1. The van der Waals surface area contributed by atoms with E-state index in [1.807, 2.05) is 71.6 Å². The maximum absolute atomic E-state index is 13.6. The molecule has 1 amide bonds. The zero-order valence-corrected chi connectivity index (χ0v) is 18.7. The van der Waals surface area contributed by atoms with Crippen LogP contribution >= 0.6 is 0 Å². The Balaban J connectivity index is 1.42. The molecule has 1 saturated heterocycles. The molecular weight excluding hydrogens is 410 g/mol. The smallest absolute Gasteiger partial charge is 0.254 e. The summed E-state index contributed by atoms with van der Waals surface area (Å²) in [6, 6.07) is 23.9. The number of benzene rings is 2. The number of amides is 1. The maximum atomic E-state index is 13.6. The van der Waals surface area contributed by atoms with Crippen LogP contribution in [0.15, 0.2) is 79.0 Å². The Morgan fingerprint density at radius 2 is 1.70 bits per heavy atom. The van der Waals surface area contributed by atoms with E-state index in [9.17, 15) is 4.79 Å². The second-order valence-electron chi connectivity index (χ2n) is 8.18. The number of hydrogen-bond donors (Lipinski definition) is 1. The van der Waals surface area contributed by atoms with Crippen LogP contribution in [0.3, 0.4) is 0 Å². The number of fused-ring (bicyclic) bond motifs is 1. The fourth-order valence-corrected chi connectivity index (χ4v) is 4.35. The van der Waals surface area contributed by atoms with Crippen LogP contribution in [-0.2, 0) is 6.42 Å². The van der Waals surface area contributed by atoms with Crippen molar-refractivity contribution in [3.05, 3.63) is 90.1 Å². The van der Waals surface area contributed by atoms with Crippen molar-refractivity contribution in [1.29, 1.82) is 0 Å². The molecule has 0 unspecified atom stereocenters. The van der Waals surface area contributed by atoms with Crippen molar-refractivity contribution in [2.45, 2.75) is 13.3 Å². The van der Waals surface area contributed by atoms with Gasteiger partial charge in [0.1, 0.15) is 11.6 Å². The Hall–Kier alpha value is -3.93. The van der Waals surface area contributed by atoms with Gasteiger partial charge in [-0.25, -0.2) is 9.97 Å². The van der Waals surface area contributed by atoms with E-state index in [1.165, 1.54) is 5.56 Å². The quantitative estimate of drug-likeness (QED) is 0.481. The van der Waals surface area contributed by atoms with Gasteiger partial charge in [-0.1, -0.05) is 49.4 Å². The third-order valence-electron chi connectivity index (χ3n) is 6.15.